The van der Waals surface area contributed by atoms with Crippen LogP contribution in [0, 0.1) is 0 Å². The maximum atomic E-state index is 12.0. The standard InChI is InChI=1S/C15H17NO5/c1-3-6-16-14(17)10(2)21-15(18)11-4-5-12-13(9-11)20-8-7-19-12/h3-5,9-10H,1,6-8H2,2H3,(H,16,17)/t10-/m1/s1. The van der Waals surface area contributed by atoms with Gasteiger partial charge in [-0.3, -0.25) is 4.79 Å². The van der Waals surface area contributed by atoms with E-state index in [0.29, 0.717) is 36.8 Å². The van der Waals surface area contributed by atoms with Gasteiger partial charge in [0.05, 0.1) is 5.56 Å². The highest BCUT2D eigenvalue weighted by Gasteiger charge is 2.20. The number of hydrogen-bond acceptors (Lipinski definition) is 5. The Balaban J connectivity index is 1.99. The Kier molecular flexibility index (Phi) is 4.81. The van der Waals surface area contributed by atoms with Gasteiger partial charge in [-0.25, -0.2) is 4.79 Å². The van der Waals surface area contributed by atoms with Crippen molar-refractivity contribution in [3.05, 3.63) is 36.4 Å². The van der Waals surface area contributed by atoms with Crippen molar-refractivity contribution in [2.75, 3.05) is 19.8 Å². The molecule has 0 aromatic heterocycles. The Morgan fingerprint density at radius 2 is 2.10 bits per heavy atom. The largest absolute Gasteiger partial charge is 0.486 e. The van der Waals surface area contributed by atoms with Crippen LogP contribution < -0.4 is 14.8 Å². The fourth-order valence-corrected chi connectivity index (χ4v) is 1.77. The van der Waals surface area contributed by atoms with Gasteiger partial charge in [-0.05, 0) is 25.1 Å². The van der Waals surface area contributed by atoms with Crippen LogP contribution in [-0.2, 0) is 9.53 Å². The quantitative estimate of drug-likeness (QED) is 0.654. The van der Waals surface area contributed by atoms with Gasteiger partial charge in [-0.15, -0.1) is 6.58 Å². The van der Waals surface area contributed by atoms with Crippen molar-refractivity contribution < 1.29 is 23.8 Å². The van der Waals surface area contributed by atoms with Crippen molar-refractivity contribution in [2.45, 2.75) is 13.0 Å². The molecule has 0 saturated heterocycles. The lowest BCUT2D eigenvalue weighted by molar-refractivity contribution is -0.128. The number of carbonyl (C=O) groups excluding carboxylic acids is 2. The number of amides is 1. The van der Waals surface area contributed by atoms with Crippen LogP contribution in [0.15, 0.2) is 30.9 Å². The molecule has 1 aromatic rings. The first kappa shape index (κ1) is 14.9. The van der Waals surface area contributed by atoms with Gasteiger partial charge in [-0.1, -0.05) is 6.08 Å². The number of hydrogen-bond donors (Lipinski definition) is 1. The normalized spacial score (nSPS) is 14.0. The lowest BCUT2D eigenvalue weighted by Crippen LogP contribution is -2.35. The first-order valence-electron chi connectivity index (χ1n) is 6.61. The topological polar surface area (TPSA) is 73.9 Å². The molecule has 1 heterocycles. The highest BCUT2D eigenvalue weighted by molar-refractivity contribution is 5.92. The number of rotatable bonds is 5. The van der Waals surface area contributed by atoms with Gasteiger partial charge in [0, 0.05) is 6.54 Å². The second-order valence-electron chi connectivity index (χ2n) is 4.44. The third kappa shape index (κ3) is 3.75. The summed E-state index contributed by atoms with van der Waals surface area (Å²) < 4.78 is 15.9. The summed E-state index contributed by atoms with van der Waals surface area (Å²) in [6.45, 7) is 6.25. The minimum absolute atomic E-state index is 0.308. The van der Waals surface area contributed by atoms with E-state index in [1.165, 1.54) is 6.92 Å². The summed E-state index contributed by atoms with van der Waals surface area (Å²) >= 11 is 0. The van der Waals surface area contributed by atoms with Crippen molar-refractivity contribution in [1.82, 2.24) is 5.32 Å². The van der Waals surface area contributed by atoms with Gasteiger partial charge in [0.25, 0.3) is 5.91 Å². The SMILES string of the molecule is C=CCNC(=O)[C@@H](C)OC(=O)c1ccc2c(c1)OCCO2. The number of esters is 1. The van der Waals surface area contributed by atoms with Gasteiger partial charge >= 0.3 is 5.97 Å². The summed E-state index contributed by atoms with van der Waals surface area (Å²) in [7, 11) is 0. The highest BCUT2D eigenvalue weighted by atomic mass is 16.6. The van der Waals surface area contributed by atoms with E-state index in [2.05, 4.69) is 11.9 Å². The Morgan fingerprint density at radius 1 is 1.38 bits per heavy atom. The van der Waals surface area contributed by atoms with Crippen molar-refractivity contribution in [1.29, 1.82) is 0 Å². The third-order valence-electron chi connectivity index (χ3n) is 2.85. The molecule has 0 saturated carbocycles. The summed E-state index contributed by atoms with van der Waals surface area (Å²) in [5, 5.41) is 2.56. The molecular weight excluding hydrogens is 274 g/mol. The zero-order valence-corrected chi connectivity index (χ0v) is 11.8. The molecule has 1 N–H and O–H groups in total. The van der Waals surface area contributed by atoms with Crippen molar-refractivity contribution >= 4 is 11.9 Å². The fourth-order valence-electron chi connectivity index (χ4n) is 1.77. The molecule has 0 bridgehead atoms. The molecule has 0 radical (unpaired) electrons. The van der Waals surface area contributed by atoms with E-state index < -0.39 is 12.1 Å². The lowest BCUT2D eigenvalue weighted by Gasteiger charge is -2.19. The van der Waals surface area contributed by atoms with Crippen LogP contribution in [0.4, 0.5) is 0 Å². The van der Waals surface area contributed by atoms with Gasteiger partial charge in [0.15, 0.2) is 17.6 Å². The molecule has 0 unspecified atom stereocenters. The number of carbonyl (C=O) groups is 2. The molecule has 1 aromatic carbocycles. The predicted octanol–water partition coefficient (Wildman–Crippen LogP) is 1.31. The van der Waals surface area contributed by atoms with Crippen molar-refractivity contribution in [3.8, 4) is 11.5 Å². The summed E-state index contributed by atoms with van der Waals surface area (Å²) in [5.41, 5.74) is 0.308. The third-order valence-corrected chi connectivity index (χ3v) is 2.85. The van der Waals surface area contributed by atoms with E-state index in [1.807, 2.05) is 0 Å². The molecule has 1 aliphatic heterocycles. The van der Waals surface area contributed by atoms with Crippen LogP contribution in [0.1, 0.15) is 17.3 Å². The minimum atomic E-state index is -0.884. The second-order valence-corrected chi connectivity index (χ2v) is 4.44. The monoisotopic (exact) mass is 291 g/mol. The number of ether oxygens (including phenoxy) is 3. The fraction of sp³-hybridized carbons (Fsp3) is 0.333. The van der Waals surface area contributed by atoms with Crippen molar-refractivity contribution in [2.24, 2.45) is 0 Å². The summed E-state index contributed by atoms with van der Waals surface area (Å²) in [6, 6.07) is 4.77. The molecular formula is C15H17NO5. The molecule has 1 amide bonds. The molecule has 21 heavy (non-hydrogen) atoms. The Hall–Kier alpha value is -2.50. The molecule has 0 fully saturated rings. The molecule has 1 aliphatic rings. The van der Waals surface area contributed by atoms with Crippen LogP contribution in [-0.4, -0.2) is 37.7 Å². The van der Waals surface area contributed by atoms with Crippen molar-refractivity contribution in [3.63, 3.8) is 0 Å². The Labute approximate surface area is 122 Å². The number of benzene rings is 1. The highest BCUT2D eigenvalue weighted by Crippen LogP contribution is 2.30. The number of nitrogens with one attached hydrogen (secondary N) is 1. The molecule has 0 aliphatic carbocycles. The summed E-state index contributed by atoms with van der Waals surface area (Å²) in [4.78, 5) is 23.6. The van der Waals surface area contributed by atoms with Gasteiger partial charge < -0.3 is 19.5 Å². The van der Waals surface area contributed by atoms with E-state index in [0.717, 1.165) is 0 Å². The first-order chi connectivity index (χ1) is 10.1. The van der Waals surface area contributed by atoms with E-state index in [9.17, 15) is 9.59 Å². The molecule has 1 atom stereocenters. The molecule has 6 nitrogen and oxygen atoms in total. The second kappa shape index (κ2) is 6.78. The Morgan fingerprint density at radius 3 is 2.81 bits per heavy atom. The van der Waals surface area contributed by atoms with E-state index in [1.54, 1.807) is 24.3 Å². The zero-order valence-electron chi connectivity index (χ0n) is 11.8. The van der Waals surface area contributed by atoms with Crippen LogP contribution in [0.3, 0.4) is 0 Å². The average molecular weight is 291 g/mol. The van der Waals surface area contributed by atoms with Crippen LogP contribution in [0.2, 0.25) is 0 Å². The number of fused-ring (bicyclic) bond motifs is 1. The molecule has 112 valence electrons. The van der Waals surface area contributed by atoms with Crippen LogP contribution in [0.25, 0.3) is 0 Å². The predicted molar refractivity (Wildman–Crippen MR) is 75.5 cm³/mol. The van der Waals surface area contributed by atoms with E-state index >= 15 is 0 Å². The van der Waals surface area contributed by atoms with Gasteiger partial charge in [-0.2, -0.15) is 0 Å². The maximum absolute atomic E-state index is 12.0. The smallest absolute Gasteiger partial charge is 0.339 e. The zero-order chi connectivity index (χ0) is 15.2. The van der Waals surface area contributed by atoms with Gasteiger partial charge in [0.2, 0.25) is 0 Å². The van der Waals surface area contributed by atoms with E-state index in [4.69, 9.17) is 14.2 Å². The maximum Gasteiger partial charge on any atom is 0.339 e. The molecule has 2 rings (SSSR count). The average Bonchev–Trinajstić information content (AvgIpc) is 2.51. The van der Waals surface area contributed by atoms with Crippen LogP contribution in [0.5, 0.6) is 11.5 Å². The lowest BCUT2D eigenvalue weighted by atomic mass is 10.2. The Bertz CT molecular complexity index is 555. The molecule has 6 heteroatoms. The summed E-state index contributed by atoms with van der Waals surface area (Å²) in [5.74, 6) is 0.128. The minimum Gasteiger partial charge on any atom is -0.486 e. The summed E-state index contributed by atoms with van der Waals surface area (Å²) in [6.07, 6.45) is 0.665. The van der Waals surface area contributed by atoms with E-state index in [-0.39, 0.29) is 5.91 Å². The first-order valence-corrected chi connectivity index (χ1v) is 6.61. The molecule has 0 spiro atoms. The van der Waals surface area contributed by atoms with Crippen LogP contribution >= 0.6 is 0 Å². The van der Waals surface area contributed by atoms with Gasteiger partial charge in [0.1, 0.15) is 13.2 Å².